The van der Waals surface area contributed by atoms with Gasteiger partial charge in [-0.1, -0.05) is 0 Å². The molecule has 3 nitrogen and oxygen atoms in total. The summed E-state index contributed by atoms with van der Waals surface area (Å²) in [5.41, 5.74) is 0. The van der Waals surface area contributed by atoms with Crippen molar-refractivity contribution >= 4 is 7.94 Å². The van der Waals surface area contributed by atoms with Gasteiger partial charge in [-0.2, -0.15) is 0 Å². The van der Waals surface area contributed by atoms with Crippen LogP contribution in [-0.2, 0) is 4.52 Å². The molecule has 0 unspecified atom stereocenters. The fourth-order valence-electron chi connectivity index (χ4n) is 1.92. The summed E-state index contributed by atoms with van der Waals surface area (Å²) in [7, 11) is -2.77. The Morgan fingerprint density at radius 3 is 1.62 bits per heavy atom. The molecular formula is C17H23O3P. The fourth-order valence-corrected chi connectivity index (χ4v) is 4.08. The number of para-hydroxylation sites is 2. The van der Waals surface area contributed by atoms with E-state index < -0.39 is 7.94 Å². The zero-order valence-corrected chi connectivity index (χ0v) is 13.6. The van der Waals surface area contributed by atoms with Gasteiger partial charge in [0.15, 0.2) is 0 Å². The molecule has 0 fully saturated rings. The molecule has 2 aromatic carbocycles. The summed E-state index contributed by atoms with van der Waals surface area (Å²) in [6.45, 7) is 4.77. The van der Waals surface area contributed by atoms with Gasteiger partial charge in [-0.15, -0.1) is 0 Å². The Kier molecular flexibility index (Phi) is 6.04. The van der Waals surface area contributed by atoms with Crippen LogP contribution in [0.3, 0.4) is 0 Å². The molecule has 4 heteroatoms. The molecule has 0 saturated carbocycles. The first kappa shape index (κ1) is 15.8. The molecule has 0 bridgehead atoms. The van der Waals surface area contributed by atoms with E-state index >= 15 is 0 Å². The molecule has 0 spiro atoms. The second-order valence-electron chi connectivity index (χ2n) is 4.72. The van der Waals surface area contributed by atoms with Gasteiger partial charge in [0.25, 0.3) is 0 Å². The van der Waals surface area contributed by atoms with Crippen molar-refractivity contribution in [1.82, 2.24) is 0 Å². The first-order valence-corrected chi connectivity index (χ1v) is 9.33. The molecule has 0 aromatic heterocycles. The van der Waals surface area contributed by atoms with E-state index in [2.05, 4.69) is 6.92 Å². The van der Waals surface area contributed by atoms with Gasteiger partial charge in [0, 0.05) is 0 Å². The Morgan fingerprint density at radius 1 is 0.762 bits per heavy atom. The molecule has 0 aliphatic rings. The van der Waals surface area contributed by atoms with Crippen LogP contribution in [-0.4, -0.2) is 12.8 Å². The monoisotopic (exact) mass is 306 g/mol. The van der Waals surface area contributed by atoms with E-state index in [0.29, 0.717) is 6.61 Å². The quantitative estimate of drug-likeness (QED) is 0.636. The van der Waals surface area contributed by atoms with Crippen molar-refractivity contribution in [2.75, 3.05) is 12.8 Å². The fraction of sp³-hybridized carbons (Fsp3) is 0.294. The molecule has 0 atom stereocenters. The van der Waals surface area contributed by atoms with Crippen LogP contribution < -0.4 is 9.05 Å². The second kappa shape index (κ2) is 8.02. The van der Waals surface area contributed by atoms with Crippen molar-refractivity contribution in [3.63, 3.8) is 0 Å². The van der Waals surface area contributed by atoms with Gasteiger partial charge in [-0.3, -0.25) is 0 Å². The topological polar surface area (TPSA) is 27.7 Å². The molecule has 0 N–H and O–H groups in total. The van der Waals surface area contributed by atoms with E-state index in [4.69, 9.17) is 13.6 Å². The summed E-state index contributed by atoms with van der Waals surface area (Å²) >= 11 is 0. The molecule has 0 aliphatic carbocycles. The zero-order chi connectivity index (χ0) is 15.0. The van der Waals surface area contributed by atoms with Gasteiger partial charge >= 0.3 is 127 Å². The summed E-state index contributed by atoms with van der Waals surface area (Å²) in [6, 6.07) is 19.5. The minimum absolute atomic E-state index is 0.639. The van der Waals surface area contributed by atoms with E-state index in [1.54, 1.807) is 0 Å². The summed E-state index contributed by atoms with van der Waals surface area (Å²) in [5, 5.41) is 0. The average Bonchev–Trinajstić information content (AvgIpc) is 2.54. The second-order valence-corrected chi connectivity index (χ2v) is 7.49. The Hall–Kier alpha value is -1.57. The first-order chi connectivity index (χ1) is 10.3. The number of rotatable bonds is 8. The van der Waals surface area contributed by atoms with Crippen LogP contribution in [0.25, 0.3) is 0 Å². The Morgan fingerprint density at radius 2 is 1.24 bits per heavy atom. The summed E-state index contributed by atoms with van der Waals surface area (Å²) in [6.07, 6.45) is 1.65. The van der Waals surface area contributed by atoms with Crippen molar-refractivity contribution in [1.29, 1.82) is 0 Å². The van der Waals surface area contributed by atoms with Crippen LogP contribution in [0.1, 0.15) is 20.3 Å². The molecule has 0 saturated heterocycles. The molecule has 2 rings (SSSR count). The summed E-state index contributed by atoms with van der Waals surface area (Å²) in [4.78, 5) is 0. The summed E-state index contributed by atoms with van der Waals surface area (Å²) < 4.78 is 18.3. The predicted molar refractivity (Wildman–Crippen MR) is 89.2 cm³/mol. The number of benzene rings is 2. The van der Waals surface area contributed by atoms with Crippen molar-refractivity contribution in [3.8, 4) is 11.5 Å². The molecule has 0 radical (unpaired) electrons. The Bertz CT molecular complexity index is 475. The van der Waals surface area contributed by atoms with E-state index in [1.165, 1.54) is 0 Å². The molecule has 0 heterocycles. The zero-order valence-electron chi connectivity index (χ0n) is 12.6. The van der Waals surface area contributed by atoms with Crippen LogP contribution in [0.2, 0.25) is 0 Å². The first-order valence-electron chi connectivity index (χ1n) is 7.40. The minimum atomic E-state index is -2.77. The van der Waals surface area contributed by atoms with E-state index in [9.17, 15) is 0 Å². The van der Waals surface area contributed by atoms with Gasteiger partial charge in [0.2, 0.25) is 0 Å². The molecular weight excluding hydrogens is 283 g/mol. The van der Waals surface area contributed by atoms with Crippen LogP contribution in [0.4, 0.5) is 0 Å². The van der Waals surface area contributed by atoms with Gasteiger partial charge in [-0.05, 0) is 0 Å². The van der Waals surface area contributed by atoms with Crippen molar-refractivity contribution < 1.29 is 13.6 Å². The van der Waals surface area contributed by atoms with E-state index in [-0.39, 0.29) is 0 Å². The van der Waals surface area contributed by atoms with Gasteiger partial charge in [0.05, 0.1) is 0 Å². The van der Waals surface area contributed by atoms with Gasteiger partial charge < -0.3 is 0 Å². The SMILES string of the molecule is CCCO[PH](CC)(Oc1ccccc1)Oc1ccccc1. The van der Waals surface area contributed by atoms with Gasteiger partial charge in [0.1, 0.15) is 0 Å². The van der Waals surface area contributed by atoms with E-state index in [0.717, 1.165) is 24.1 Å². The molecule has 114 valence electrons. The van der Waals surface area contributed by atoms with Crippen LogP contribution in [0.5, 0.6) is 11.5 Å². The normalized spacial score (nSPS) is 11.9. The number of hydrogen-bond acceptors (Lipinski definition) is 3. The van der Waals surface area contributed by atoms with Crippen molar-refractivity contribution in [2.45, 2.75) is 20.3 Å². The molecule has 0 aliphatic heterocycles. The predicted octanol–water partition coefficient (Wildman–Crippen LogP) is 5.09. The number of hydrogen-bond donors (Lipinski definition) is 0. The molecule has 2 aromatic rings. The van der Waals surface area contributed by atoms with Crippen molar-refractivity contribution in [2.24, 2.45) is 0 Å². The molecule has 0 amide bonds. The maximum absolute atomic E-state index is 6.15. The standard InChI is InChI=1S/C17H23O3P/c1-3-15-18-21(4-2,19-16-11-7-5-8-12-16)20-17-13-9-6-10-14-17/h5-14,21H,3-4,15H2,1-2H3. The Labute approximate surface area is 127 Å². The third-order valence-electron chi connectivity index (χ3n) is 2.99. The summed E-state index contributed by atoms with van der Waals surface area (Å²) in [5.74, 6) is 1.58. The van der Waals surface area contributed by atoms with Crippen molar-refractivity contribution in [3.05, 3.63) is 60.7 Å². The maximum atomic E-state index is 6.15. The van der Waals surface area contributed by atoms with Crippen LogP contribution in [0.15, 0.2) is 60.7 Å². The third-order valence-corrected chi connectivity index (χ3v) is 5.60. The van der Waals surface area contributed by atoms with Gasteiger partial charge in [-0.25, -0.2) is 0 Å². The van der Waals surface area contributed by atoms with Crippen LogP contribution in [0, 0.1) is 0 Å². The van der Waals surface area contributed by atoms with E-state index in [1.807, 2.05) is 67.6 Å². The Balaban J connectivity index is 2.20. The molecule has 21 heavy (non-hydrogen) atoms. The third kappa shape index (κ3) is 4.73. The van der Waals surface area contributed by atoms with Crippen LogP contribution >= 0.6 is 7.94 Å². The average molecular weight is 306 g/mol.